The molecule has 3 aromatic rings. The molecule has 0 aliphatic rings. The highest BCUT2D eigenvalue weighted by Gasteiger charge is 2.11. The van der Waals surface area contributed by atoms with Crippen molar-refractivity contribution in [2.45, 2.75) is 39.7 Å². The van der Waals surface area contributed by atoms with Gasteiger partial charge in [-0.2, -0.15) is 0 Å². The number of unbranched alkanes of at least 4 members (excludes halogenated alkanes) is 2. The average molecular weight is 414 g/mol. The fraction of sp³-hybridized carbons (Fsp3) is 0.280. The Hall–Kier alpha value is -2.95. The average Bonchev–Trinajstić information content (AvgIpc) is 2.76. The molecule has 2 nitrogen and oxygen atoms in total. The maximum absolute atomic E-state index is 14.3. The predicted octanol–water partition coefficient (Wildman–Crippen LogP) is 7.23. The molecule has 0 fully saturated rings. The first-order chi connectivity index (χ1) is 14.5. The standard InChI is InChI=1S/C25H25F3O2/c1-3-4-5-14-29-23-13-10-19(15-22(23)26)18-8-11-21(12-9-18)30-16-20-7-6-17(2)24(27)25(20)28/h6-13,15H,3-5,14,16H2,1-2H3. The Morgan fingerprint density at radius 1 is 0.767 bits per heavy atom. The zero-order valence-electron chi connectivity index (χ0n) is 17.2. The van der Waals surface area contributed by atoms with E-state index in [0.717, 1.165) is 24.8 Å². The number of hydrogen-bond donors (Lipinski definition) is 0. The Kier molecular flexibility index (Phi) is 7.39. The maximum Gasteiger partial charge on any atom is 0.165 e. The lowest BCUT2D eigenvalue weighted by atomic mass is 10.1. The molecule has 0 atom stereocenters. The van der Waals surface area contributed by atoms with Crippen LogP contribution in [0.2, 0.25) is 0 Å². The molecular weight excluding hydrogens is 389 g/mol. The van der Waals surface area contributed by atoms with E-state index >= 15 is 0 Å². The highest BCUT2D eigenvalue weighted by Crippen LogP contribution is 2.28. The van der Waals surface area contributed by atoms with Crippen LogP contribution in [0.25, 0.3) is 11.1 Å². The summed E-state index contributed by atoms with van der Waals surface area (Å²) in [5.74, 6) is -1.38. The second kappa shape index (κ2) is 10.2. The van der Waals surface area contributed by atoms with Crippen molar-refractivity contribution in [3.05, 3.63) is 83.2 Å². The molecule has 3 rings (SSSR count). The fourth-order valence-electron chi connectivity index (χ4n) is 3.03. The Bertz CT molecular complexity index is 984. The molecule has 0 radical (unpaired) electrons. The van der Waals surface area contributed by atoms with E-state index in [1.807, 2.05) is 0 Å². The van der Waals surface area contributed by atoms with Crippen molar-refractivity contribution >= 4 is 0 Å². The van der Waals surface area contributed by atoms with Crippen LogP contribution in [-0.4, -0.2) is 6.61 Å². The van der Waals surface area contributed by atoms with Crippen molar-refractivity contribution in [2.24, 2.45) is 0 Å². The smallest absolute Gasteiger partial charge is 0.165 e. The molecular formula is C25H25F3O2. The van der Waals surface area contributed by atoms with Gasteiger partial charge in [0.2, 0.25) is 0 Å². The van der Waals surface area contributed by atoms with Crippen molar-refractivity contribution in [3.8, 4) is 22.6 Å². The van der Waals surface area contributed by atoms with Gasteiger partial charge < -0.3 is 9.47 Å². The second-order valence-electron chi connectivity index (χ2n) is 7.18. The van der Waals surface area contributed by atoms with Gasteiger partial charge in [-0.15, -0.1) is 0 Å². The molecule has 0 saturated heterocycles. The van der Waals surface area contributed by atoms with Gasteiger partial charge in [0.25, 0.3) is 0 Å². The number of hydrogen-bond acceptors (Lipinski definition) is 2. The van der Waals surface area contributed by atoms with Gasteiger partial charge in [0.15, 0.2) is 23.2 Å². The van der Waals surface area contributed by atoms with E-state index in [1.165, 1.54) is 25.1 Å². The highest BCUT2D eigenvalue weighted by atomic mass is 19.2. The van der Waals surface area contributed by atoms with Crippen LogP contribution in [0.5, 0.6) is 11.5 Å². The van der Waals surface area contributed by atoms with E-state index < -0.39 is 17.5 Å². The van der Waals surface area contributed by atoms with Crippen LogP contribution in [0.1, 0.15) is 37.3 Å². The Morgan fingerprint density at radius 3 is 2.20 bits per heavy atom. The third-order valence-electron chi connectivity index (χ3n) is 4.87. The summed E-state index contributed by atoms with van der Waals surface area (Å²) in [5.41, 5.74) is 1.93. The minimum atomic E-state index is -0.890. The molecule has 0 spiro atoms. The van der Waals surface area contributed by atoms with Crippen LogP contribution in [0.3, 0.4) is 0 Å². The van der Waals surface area contributed by atoms with Crippen molar-refractivity contribution < 1.29 is 22.6 Å². The van der Waals surface area contributed by atoms with E-state index in [0.29, 0.717) is 17.9 Å². The quantitative estimate of drug-likeness (QED) is 0.344. The van der Waals surface area contributed by atoms with E-state index in [2.05, 4.69) is 6.92 Å². The molecule has 0 aromatic heterocycles. The minimum absolute atomic E-state index is 0.0823. The molecule has 30 heavy (non-hydrogen) atoms. The predicted molar refractivity (Wildman–Crippen MR) is 112 cm³/mol. The molecule has 0 aliphatic heterocycles. The van der Waals surface area contributed by atoms with E-state index in [9.17, 15) is 13.2 Å². The lowest BCUT2D eigenvalue weighted by Crippen LogP contribution is -2.02. The van der Waals surface area contributed by atoms with Crippen LogP contribution >= 0.6 is 0 Å². The topological polar surface area (TPSA) is 18.5 Å². The van der Waals surface area contributed by atoms with E-state index in [-0.39, 0.29) is 23.5 Å². The van der Waals surface area contributed by atoms with Crippen LogP contribution in [0.4, 0.5) is 13.2 Å². The Morgan fingerprint density at radius 2 is 1.50 bits per heavy atom. The Balaban J connectivity index is 1.63. The van der Waals surface area contributed by atoms with Crippen LogP contribution in [0.15, 0.2) is 54.6 Å². The van der Waals surface area contributed by atoms with Crippen LogP contribution < -0.4 is 9.47 Å². The SMILES string of the molecule is CCCCCOc1ccc(-c2ccc(OCc3ccc(C)c(F)c3F)cc2)cc1F. The molecule has 0 saturated carbocycles. The molecule has 0 bridgehead atoms. The van der Waals surface area contributed by atoms with Gasteiger partial charge in [0.1, 0.15) is 12.4 Å². The van der Waals surface area contributed by atoms with Crippen LogP contribution in [0, 0.1) is 24.4 Å². The van der Waals surface area contributed by atoms with E-state index in [4.69, 9.17) is 9.47 Å². The minimum Gasteiger partial charge on any atom is -0.491 e. The highest BCUT2D eigenvalue weighted by molar-refractivity contribution is 5.65. The maximum atomic E-state index is 14.3. The van der Waals surface area contributed by atoms with Crippen LogP contribution in [-0.2, 0) is 6.61 Å². The summed E-state index contributed by atoms with van der Waals surface area (Å²) in [7, 11) is 0. The summed E-state index contributed by atoms with van der Waals surface area (Å²) < 4.78 is 53.0. The third kappa shape index (κ3) is 5.35. The van der Waals surface area contributed by atoms with Gasteiger partial charge in [-0.25, -0.2) is 13.2 Å². The van der Waals surface area contributed by atoms with Gasteiger partial charge >= 0.3 is 0 Å². The van der Waals surface area contributed by atoms with Gasteiger partial charge in [-0.1, -0.05) is 50.1 Å². The van der Waals surface area contributed by atoms with Crippen molar-refractivity contribution in [1.82, 2.24) is 0 Å². The number of rotatable bonds is 9. The summed E-state index contributed by atoms with van der Waals surface area (Å²) in [6.07, 6.45) is 3.04. The number of ether oxygens (including phenoxy) is 2. The molecule has 0 N–H and O–H groups in total. The third-order valence-corrected chi connectivity index (χ3v) is 4.87. The second-order valence-corrected chi connectivity index (χ2v) is 7.18. The summed E-state index contributed by atoms with van der Waals surface area (Å²) >= 11 is 0. The first kappa shape index (κ1) is 21.8. The molecule has 0 heterocycles. The lowest BCUT2D eigenvalue weighted by Gasteiger charge is -2.11. The van der Waals surface area contributed by atoms with Crippen molar-refractivity contribution in [3.63, 3.8) is 0 Å². The molecule has 0 unspecified atom stereocenters. The first-order valence-corrected chi connectivity index (χ1v) is 10.1. The van der Waals surface area contributed by atoms with Crippen molar-refractivity contribution in [1.29, 1.82) is 0 Å². The van der Waals surface area contributed by atoms with Gasteiger partial charge in [-0.3, -0.25) is 0 Å². The molecule has 5 heteroatoms. The fourth-order valence-corrected chi connectivity index (χ4v) is 3.03. The number of halogens is 3. The number of aryl methyl sites for hydroxylation is 1. The summed E-state index contributed by atoms with van der Waals surface area (Å²) in [5, 5.41) is 0. The molecule has 0 amide bonds. The molecule has 158 valence electrons. The van der Waals surface area contributed by atoms with Gasteiger partial charge in [0.05, 0.1) is 6.61 Å². The molecule has 0 aliphatic carbocycles. The van der Waals surface area contributed by atoms with E-state index in [1.54, 1.807) is 36.4 Å². The Labute approximate surface area is 175 Å². The summed E-state index contributed by atoms with van der Waals surface area (Å²) in [4.78, 5) is 0. The zero-order chi connectivity index (χ0) is 21.5. The largest absolute Gasteiger partial charge is 0.491 e. The van der Waals surface area contributed by atoms with Gasteiger partial charge in [0, 0.05) is 5.56 Å². The summed E-state index contributed by atoms with van der Waals surface area (Å²) in [6.45, 7) is 4.03. The number of benzene rings is 3. The van der Waals surface area contributed by atoms with Gasteiger partial charge in [-0.05, 0) is 54.3 Å². The van der Waals surface area contributed by atoms with Crippen molar-refractivity contribution in [2.75, 3.05) is 6.61 Å². The first-order valence-electron chi connectivity index (χ1n) is 10.1. The normalized spacial score (nSPS) is 10.8. The monoisotopic (exact) mass is 414 g/mol. The lowest BCUT2D eigenvalue weighted by molar-refractivity contribution is 0.291. The summed E-state index contributed by atoms with van der Waals surface area (Å²) in [6, 6.07) is 14.9. The molecule has 3 aromatic carbocycles. The zero-order valence-corrected chi connectivity index (χ0v) is 17.2.